The monoisotopic (exact) mass is 320 g/mol. The highest BCUT2D eigenvalue weighted by Crippen LogP contribution is 2.34. The molecule has 3 N–H and O–H groups in total. The van der Waals surface area contributed by atoms with Crippen LogP contribution in [0.4, 0.5) is 18.0 Å². The van der Waals surface area contributed by atoms with Gasteiger partial charge in [0.1, 0.15) is 6.04 Å². The Labute approximate surface area is 124 Å². The fourth-order valence-corrected chi connectivity index (χ4v) is 1.79. The molecule has 0 spiro atoms. The van der Waals surface area contributed by atoms with E-state index in [0.29, 0.717) is 0 Å². The van der Waals surface area contributed by atoms with E-state index in [-0.39, 0.29) is 13.2 Å². The molecule has 0 bridgehead atoms. The number of benzene rings is 1. The first-order chi connectivity index (χ1) is 10.3. The average molecular weight is 320 g/mol. The van der Waals surface area contributed by atoms with Crippen LogP contribution in [0.1, 0.15) is 17.2 Å². The van der Waals surface area contributed by atoms with E-state index in [2.05, 4.69) is 5.32 Å². The summed E-state index contributed by atoms with van der Waals surface area (Å²) in [5, 5.41) is 12.9. The van der Waals surface area contributed by atoms with Crippen molar-refractivity contribution < 1.29 is 32.6 Å². The van der Waals surface area contributed by atoms with Crippen molar-refractivity contribution in [2.75, 3.05) is 20.3 Å². The maximum atomic E-state index is 13.0. The molecule has 0 aliphatic heterocycles. The van der Waals surface area contributed by atoms with Crippen molar-refractivity contribution in [3.8, 4) is 0 Å². The molecule has 0 saturated carbocycles. The number of hydrogen-bond donors (Lipinski definition) is 3. The highest BCUT2D eigenvalue weighted by atomic mass is 19.4. The summed E-state index contributed by atoms with van der Waals surface area (Å²) in [5.74, 6) is -0.892. The largest absolute Gasteiger partial charge is 0.465 e. The average Bonchev–Trinajstić information content (AvgIpc) is 2.44. The number of amides is 2. The molecule has 2 amide bonds. The zero-order valence-electron chi connectivity index (χ0n) is 11.6. The minimum atomic E-state index is -4.71. The number of carboxylic acid groups (broad SMARTS) is 1. The van der Waals surface area contributed by atoms with E-state index in [1.54, 1.807) is 5.32 Å². The summed E-state index contributed by atoms with van der Waals surface area (Å²) < 4.78 is 43.7. The molecule has 0 saturated heterocycles. The minimum Gasteiger partial charge on any atom is -0.465 e. The third-order valence-electron chi connectivity index (χ3n) is 2.71. The van der Waals surface area contributed by atoms with Gasteiger partial charge in [-0.15, -0.1) is 0 Å². The van der Waals surface area contributed by atoms with Gasteiger partial charge >= 0.3 is 12.3 Å². The lowest BCUT2D eigenvalue weighted by Crippen LogP contribution is -2.41. The van der Waals surface area contributed by atoms with Crippen LogP contribution in [0.2, 0.25) is 0 Å². The van der Waals surface area contributed by atoms with Gasteiger partial charge in [0, 0.05) is 13.7 Å². The van der Waals surface area contributed by atoms with Crippen LogP contribution < -0.4 is 10.6 Å². The molecule has 0 aliphatic rings. The standard InChI is InChI=1S/C13H15F3N2O4/c1-22-7-6-17-11(19)10(18-12(20)21)8-4-2-3-5-9(8)13(14,15)16/h2-5,10,18H,6-7H2,1H3,(H,17,19)(H,20,21). The maximum absolute atomic E-state index is 13.0. The molecule has 1 unspecified atom stereocenters. The predicted molar refractivity (Wildman–Crippen MR) is 70.2 cm³/mol. The lowest BCUT2D eigenvalue weighted by Gasteiger charge is -2.21. The Morgan fingerprint density at radius 3 is 2.50 bits per heavy atom. The number of carbonyl (C=O) groups is 2. The van der Waals surface area contributed by atoms with Crippen molar-refractivity contribution in [1.82, 2.24) is 10.6 Å². The zero-order chi connectivity index (χ0) is 16.8. The molecule has 0 aliphatic carbocycles. The first-order valence-corrected chi connectivity index (χ1v) is 6.19. The summed E-state index contributed by atoms with van der Waals surface area (Å²) in [6, 6.07) is 2.62. The topological polar surface area (TPSA) is 87.7 Å². The van der Waals surface area contributed by atoms with Gasteiger partial charge in [-0.05, 0) is 11.6 Å². The van der Waals surface area contributed by atoms with E-state index in [1.165, 1.54) is 13.2 Å². The van der Waals surface area contributed by atoms with Gasteiger partial charge in [-0.1, -0.05) is 18.2 Å². The van der Waals surface area contributed by atoms with Crippen LogP contribution in [0.5, 0.6) is 0 Å². The molecule has 0 radical (unpaired) electrons. The molecule has 0 aromatic heterocycles. The van der Waals surface area contributed by atoms with Gasteiger partial charge in [0.2, 0.25) is 5.91 Å². The molecule has 1 aromatic rings. The van der Waals surface area contributed by atoms with Gasteiger partial charge in [0.25, 0.3) is 0 Å². The molecule has 22 heavy (non-hydrogen) atoms. The number of ether oxygens (including phenoxy) is 1. The Morgan fingerprint density at radius 1 is 1.32 bits per heavy atom. The first-order valence-electron chi connectivity index (χ1n) is 6.19. The van der Waals surface area contributed by atoms with Crippen LogP contribution in [-0.2, 0) is 15.7 Å². The maximum Gasteiger partial charge on any atom is 0.416 e. The molecule has 0 heterocycles. The molecule has 122 valence electrons. The second-order valence-corrected chi connectivity index (χ2v) is 4.25. The van der Waals surface area contributed by atoms with Crippen molar-refractivity contribution >= 4 is 12.0 Å². The SMILES string of the molecule is COCCNC(=O)C(NC(=O)O)c1ccccc1C(F)(F)F. The number of alkyl halides is 3. The van der Waals surface area contributed by atoms with Crippen LogP contribution >= 0.6 is 0 Å². The van der Waals surface area contributed by atoms with E-state index >= 15 is 0 Å². The Kier molecular flexibility index (Phi) is 6.17. The van der Waals surface area contributed by atoms with Gasteiger partial charge in [0.05, 0.1) is 12.2 Å². The van der Waals surface area contributed by atoms with Gasteiger partial charge in [-0.3, -0.25) is 4.79 Å². The Balaban J connectivity index is 3.12. The van der Waals surface area contributed by atoms with Gasteiger partial charge in [0.15, 0.2) is 0 Å². The smallest absolute Gasteiger partial charge is 0.416 e. The summed E-state index contributed by atoms with van der Waals surface area (Å²) in [4.78, 5) is 22.8. The summed E-state index contributed by atoms with van der Waals surface area (Å²) in [5.41, 5.74) is -1.54. The van der Waals surface area contributed by atoms with E-state index in [0.717, 1.165) is 18.2 Å². The van der Waals surface area contributed by atoms with Gasteiger partial charge in [-0.2, -0.15) is 13.2 Å². The quantitative estimate of drug-likeness (QED) is 0.697. The van der Waals surface area contributed by atoms with Crippen LogP contribution in [0.3, 0.4) is 0 Å². The highest BCUT2D eigenvalue weighted by Gasteiger charge is 2.37. The van der Waals surface area contributed by atoms with Gasteiger partial charge < -0.3 is 20.5 Å². The third-order valence-corrected chi connectivity index (χ3v) is 2.71. The highest BCUT2D eigenvalue weighted by molar-refractivity contribution is 5.86. The summed E-state index contributed by atoms with van der Waals surface area (Å²) in [6.07, 6.45) is -6.31. The molecule has 9 heteroatoms. The van der Waals surface area contributed by atoms with E-state index < -0.39 is 35.3 Å². The second kappa shape index (κ2) is 7.64. The molecule has 6 nitrogen and oxygen atoms in total. The van der Waals surface area contributed by atoms with Crippen molar-refractivity contribution in [3.63, 3.8) is 0 Å². The Hall–Kier alpha value is -2.29. The fourth-order valence-electron chi connectivity index (χ4n) is 1.79. The van der Waals surface area contributed by atoms with E-state index in [9.17, 15) is 22.8 Å². The van der Waals surface area contributed by atoms with Crippen LogP contribution in [0, 0.1) is 0 Å². The van der Waals surface area contributed by atoms with Crippen LogP contribution in [0.25, 0.3) is 0 Å². The number of rotatable bonds is 6. The third kappa shape index (κ3) is 4.92. The first kappa shape index (κ1) is 17.8. The number of halogens is 3. The lowest BCUT2D eigenvalue weighted by atomic mass is 9.99. The molecule has 1 atom stereocenters. The second-order valence-electron chi connectivity index (χ2n) is 4.25. The number of nitrogens with one attached hydrogen (secondary N) is 2. The lowest BCUT2D eigenvalue weighted by molar-refractivity contribution is -0.138. The van der Waals surface area contributed by atoms with Crippen LogP contribution in [-0.4, -0.2) is 37.4 Å². The van der Waals surface area contributed by atoms with E-state index in [1.807, 2.05) is 0 Å². The summed E-state index contributed by atoms with van der Waals surface area (Å²) >= 11 is 0. The van der Waals surface area contributed by atoms with Crippen molar-refractivity contribution in [1.29, 1.82) is 0 Å². The molecular formula is C13H15F3N2O4. The minimum absolute atomic E-state index is 0.0430. The van der Waals surface area contributed by atoms with Crippen LogP contribution in [0.15, 0.2) is 24.3 Å². The number of carbonyl (C=O) groups excluding carboxylic acids is 1. The normalized spacial score (nSPS) is 12.5. The molecule has 0 fully saturated rings. The van der Waals surface area contributed by atoms with Gasteiger partial charge in [-0.25, -0.2) is 4.79 Å². The van der Waals surface area contributed by atoms with Crippen molar-refractivity contribution in [3.05, 3.63) is 35.4 Å². The van der Waals surface area contributed by atoms with Crippen molar-refractivity contribution in [2.45, 2.75) is 12.2 Å². The molecule has 1 rings (SSSR count). The van der Waals surface area contributed by atoms with E-state index in [4.69, 9.17) is 9.84 Å². The number of hydrogen-bond acceptors (Lipinski definition) is 3. The number of methoxy groups -OCH3 is 1. The Morgan fingerprint density at radius 2 is 1.95 bits per heavy atom. The zero-order valence-corrected chi connectivity index (χ0v) is 11.6. The molecular weight excluding hydrogens is 305 g/mol. The summed E-state index contributed by atoms with van der Waals surface area (Å²) in [7, 11) is 1.39. The Bertz CT molecular complexity index is 534. The summed E-state index contributed by atoms with van der Waals surface area (Å²) in [6.45, 7) is 0.188. The molecule has 1 aromatic carbocycles. The fraction of sp³-hybridized carbons (Fsp3) is 0.385. The van der Waals surface area contributed by atoms with Crippen molar-refractivity contribution in [2.24, 2.45) is 0 Å². The predicted octanol–water partition coefficient (Wildman–Crippen LogP) is 1.78.